The highest BCUT2D eigenvalue weighted by Crippen LogP contribution is 2.45. The number of phosphoric ester groups is 2. The fourth-order valence-corrected chi connectivity index (χ4v) is 12.2. The van der Waals surface area contributed by atoms with E-state index in [-0.39, 0.29) is 25.7 Å². The second kappa shape index (κ2) is 63.5. The van der Waals surface area contributed by atoms with E-state index in [0.717, 1.165) is 102 Å². The lowest BCUT2D eigenvalue weighted by Crippen LogP contribution is -2.30. The molecule has 0 rings (SSSR count). The van der Waals surface area contributed by atoms with E-state index in [1.54, 1.807) is 0 Å². The van der Waals surface area contributed by atoms with Crippen molar-refractivity contribution in [3.8, 4) is 0 Å². The zero-order valence-electron chi connectivity index (χ0n) is 57.6. The fraction of sp³-hybridized carbons (Fsp3) is 0.943. The summed E-state index contributed by atoms with van der Waals surface area (Å²) >= 11 is 0. The highest BCUT2D eigenvalue weighted by Gasteiger charge is 2.30. The molecule has 0 aromatic rings. The van der Waals surface area contributed by atoms with E-state index in [1.807, 2.05) is 0 Å². The molecule has 0 radical (unpaired) electrons. The summed E-state index contributed by atoms with van der Waals surface area (Å²) in [4.78, 5) is 72.3. The lowest BCUT2D eigenvalue weighted by Gasteiger charge is -2.21. The molecule has 0 aromatic heterocycles. The Balaban J connectivity index is 5.16. The van der Waals surface area contributed by atoms with E-state index in [9.17, 15) is 43.2 Å². The number of carbonyl (C=O) groups excluding carboxylic acids is 4. The van der Waals surface area contributed by atoms with Gasteiger partial charge in [-0.2, -0.15) is 0 Å². The summed E-state index contributed by atoms with van der Waals surface area (Å²) in [7, 11) is -9.89. The molecular formula is C70H136O17P2. The Morgan fingerprint density at radius 1 is 0.315 bits per heavy atom. The normalized spacial score (nSPS) is 14.4. The molecule has 0 aliphatic rings. The molecule has 19 heteroatoms. The molecule has 3 unspecified atom stereocenters. The van der Waals surface area contributed by atoms with E-state index < -0.39 is 97.5 Å². The first-order valence-electron chi connectivity index (χ1n) is 36.7. The molecule has 0 aromatic carbocycles. The Labute approximate surface area is 543 Å². The van der Waals surface area contributed by atoms with Crippen LogP contribution >= 0.6 is 15.6 Å². The standard InChI is InChI=1S/C70H136O17P2/c1-6-10-13-16-18-20-22-24-25-26-27-29-31-37-41-46-51-56-70(75)87-66(60-81-68(73)54-49-44-39-35-33-32-34-38-43-47-52-63(5)9-4)62-85-89(78,79)83-58-64(71)57-82-88(76,77)84-61-65(59-80-67(72)53-48-42-15-12-8-3)86-69(74)55-50-45-40-36-30-28-23-21-19-17-14-11-7-2/h63-66,71H,6-62H2,1-5H3,(H,76,77)(H,78,79)/t63?,64-,65+,66+/m0/s1. The number of hydrogen-bond acceptors (Lipinski definition) is 15. The van der Waals surface area contributed by atoms with Crippen molar-refractivity contribution in [2.24, 2.45) is 5.92 Å². The number of esters is 4. The maximum Gasteiger partial charge on any atom is 0.472 e. The van der Waals surface area contributed by atoms with Gasteiger partial charge in [-0.3, -0.25) is 37.3 Å². The van der Waals surface area contributed by atoms with Crippen LogP contribution in [0.3, 0.4) is 0 Å². The second-order valence-electron chi connectivity index (χ2n) is 25.5. The van der Waals surface area contributed by atoms with Crippen LogP contribution in [0, 0.1) is 5.92 Å². The van der Waals surface area contributed by atoms with Gasteiger partial charge in [-0.25, -0.2) is 9.13 Å². The predicted octanol–water partition coefficient (Wildman–Crippen LogP) is 20.1. The highest BCUT2D eigenvalue weighted by molar-refractivity contribution is 7.47. The van der Waals surface area contributed by atoms with Crippen LogP contribution < -0.4 is 0 Å². The Hall–Kier alpha value is -1.94. The fourth-order valence-electron chi connectivity index (χ4n) is 10.6. The number of aliphatic hydroxyl groups excluding tert-OH is 1. The van der Waals surface area contributed by atoms with Gasteiger partial charge >= 0.3 is 39.5 Å². The summed E-state index contributed by atoms with van der Waals surface area (Å²) in [6.07, 6.45) is 50.2. The minimum absolute atomic E-state index is 0.107. The van der Waals surface area contributed by atoms with Crippen LogP contribution in [0.25, 0.3) is 0 Å². The Morgan fingerprint density at radius 2 is 0.539 bits per heavy atom. The van der Waals surface area contributed by atoms with Crippen molar-refractivity contribution in [1.29, 1.82) is 0 Å². The molecule has 89 heavy (non-hydrogen) atoms. The topological polar surface area (TPSA) is 237 Å². The summed E-state index contributed by atoms with van der Waals surface area (Å²) in [5.74, 6) is -1.32. The zero-order chi connectivity index (χ0) is 65.6. The van der Waals surface area contributed by atoms with Crippen molar-refractivity contribution >= 4 is 39.5 Å². The molecule has 0 fully saturated rings. The molecule has 528 valence electrons. The van der Waals surface area contributed by atoms with Gasteiger partial charge in [-0.1, -0.05) is 311 Å². The van der Waals surface area contributed by atoms with Crippen LogP contribution in [-0.2, 0) is 65.4 Å². The third-order valence-corrected chi connectivity index (χ3v) is 18.5. The number of phosphoric acid groups is 2. The highest BCUT2D eigenvalue weighted by atomic mass is 31.2. The summed E-state index contributed by atoms with van der Waals surface area (Å²) in [6.45, 7) is 7.20. The molecule has 6 atom stereocenters. The lowest BCUT2D eigenvalue weighted by atomic mass is 9.99. The Bertz CT molecular complexity index is 1720. The number of rotatable bonds is 70. The predicted molar refractivity (Wildman–Crippen MR) is 358 cm³/mol. The van der Waals surface area contributed by atoms with E-state index in [4.69, 9.17) is 37.0 Å². The van der Waals surface area contributed by atoms with Crippen molar-refractivity contribution < 1.29 is 80.2 Å². The summed E-state index contributed by atoms with van der Waals surface area (Å²) in [5, 5.41) is 10.6. The van der Waals surface area contributed by atoms with E-state index in [2.05, 4.69) is 34.6 Å². The number of aliphatic hydroxyl groups is 1. The van der Waals surface area contributed by atoms with Crippen LogP contribution in [0.4, 0.5) is 0 Å². The van der Waals surface area contributed by atoms with E-state index in [1.165, 1.54) is 180 Å². The Morgan fingerprint density at radius 3 is 0.798 bits per heavy atom. The molecular weight excluding hydrogens is 1170 g/mol. The first kappa shape index (κ1) is 87.1. The number of carbonyl (C=O) groups is 4. The van der Waals surface area contributed by atoms with Crippen molar-refractivity contribution in [2.75, 3.05) is 39.6 Å². The molecule has 17 nitrogen and oxygen atoms in total. The Kier molecular flexibility index (Phi) is 62.1. The minimum Gasteiger partial charge on any atom is -0.462 e. The number of hydrogen-bond donors (Lipinski definition) is 3. The third kappa shape index (κ3) is 63.2. The SMILES string of the molecule is CCCCCCCCCCCCCCCCCCCC(=O)O[C@H](COC(=O)CCCCCCCCCCCCC(C)CC)COP(=O)(O)OC[C@@H](O)COP(=O)(O)OC[C@@H](COC(=O)CCCCCCC)OC(=O)CCCCCCCCCCCCCCC. The van der Waals surface area contributed by atoms with Gasteiger partial charge < -0.3 is 33.8 Å². The van der Waals surface area contributed by atoms with Crippen molar-refractivity contribution in [3.05, 3.63) is 0 Å². The van der Waals surface area contributed by atoms with Crippen molar-refractivity contribution in [2.45, 2.75) is 380 Å². The van der Waals surface area contributed by atoms with Gasteiger partial charge in [-0.05, 0) is 31.6 Å². The molecule has 0 aliphatic carbocycles. The van der Waals surface area contributed by atoms with Crippen molar-refractivity contribution in [3.63, 3.8) is 0 Å². The monoisotopic (exact) mass is 1310 g/mol. The average Bonchev–Trinajstić information content (AvgIpc) is 3.71. The molecule has 3 N–H and O–H groups in total. The summed E-state index contributed by atoms with van der Waals surface area (Å²) < 4.78 is 68.1. The molecule has 0 spiro atoms. The second-order valence-corrected chi connectivity index (χ2v) is 28.4. The van der Waals surface area contributed by atoms with Crippen molar-refractivity contribution in [1.82, 2.24) is 0 Å². The van der Waals surface area contributed by atoms with Crippen LogP contribution in [0.1, 0.15) is 362 Å². The maximum absolute atomic E-state index is 13.0. The van der Waals surface area contributed by atoms with Gasteiger partial charge in [-0.15, -0.1) is 0 Å². The van der Waals surface area contributed by atoms with Gasteiger partial charge in [0.1, 0.15) is 19.3 Å². The third-order valence-electron chi connectivity index (χ3n) is 16.6. The number of unbranched alkanes of at least 4 members (excludes halogenated alkanes) is 41. The smallest absolute Gasteiger partial charge is 0.462 e. The molecule has 0 amide bonds. The van der Waals surface area contributed by atoms with Gasteiger partial charge in [0.05, 0.1) is 26.4 Å². The molecule has 0 heterocycles. The molecule has 0 saturated carbocycles. The van der Waals surface area contributed by atoms with Gasteiger partial charge in [0.25, 0.3) is 0 Å². The zero-order valence-corrected chi connectivity index (χ0v) is 59.4. The minimum atomic E-state index is -4.95. The van der Waals surface area contributed by atoms with Crippen LogP contribution in [0.5, 0.6) is 0 Å². The van der Waals surface area contributed by atoms with Crippen LogP contribution in [-0.4, -0.2) is 96.7 Å². The summed E-state index contributed by atoms with van der Waals surface area (Å²) in [6, 6.07) is 0. The number of ether oxygens (including phenoxy) is 4. The van der Waals surface area contributed by atoms with E-state index in [0.29, 0.717) is 25.7 Å². The first-order valence-corrected chi connectivity index (χ1v) is 39.7. The molecule has 0 saturated heterocycles. The molecule has 0 bridgehead atoms. The summed E-state index contributed by atoms with van der Waals surface area (Å²) in [5.41, 5.74) is 0. The van der Waals surface area contributed by atoms with Gasteiger partial charge in [0.15, 0.2) is 12.2 Å². The van der Waals surface area contributed by atoms with Crippen LogP contribution in [0.2, 0.25) is 0 Å². The quantitative estimate of drug-likeness (QED) is 0.0222. The molecule has 0 aliphatic heterocycles. The lowest BCUT2D eigenvalue weighted by molar-refractivity contribution is -0.161. The van der Waals surface area contributed by atoms with Gasteiger partial charge in [0.2, 0.25) is 0 Å². The largest absolute Gasteiger partial charge is 0.472 e. The van der Waals surface area contributed by atoms with E-state index >= 15 is 0 Å². The maximum atomic E-state index is 13.0. The average molecular weight is 1310 g/mol. The van der Waals surface area contributed by atoms with Crippen LogP contribution in [0.15, 0.2) is 0 Å². The van der Waals surface area contributed by atoms with Gasteiger partial charge in [0, 0.05) is 25.7 Å². The first-order chi connectivity index (χ1) is 43.1.